The van der Waals surface area contributed by atoms with Gasteiger partial charge in [0.2, 0.25) is 0 Å². The Morgan fingerprint density at radius 2 is 1.70 bits per heavy atom. The van der Waals surface area contributed by atoms with Crippen LogP contribution in [0.2, 0.25) is 0 Å². The molecule has 1 unspecified atom stereocenters. The molecule has 0 radical (unpaired) electrons. The van der Waals surface area contributed by atoms with Crippen LogP contribution in [0.5, 0.6) is 0 Å². The minimum atomic E-state index is 0.265. The van der Waals surface area contributed by atoms with E-state index in [0.29, 0.717) is 28.8 Å². The minimum Gasteiger partial charge on any atom is -0.300 e. The molecular formula is C21H32O2. The molecule has 0 amide bonds. The van der Waals surface area contributed by atoms with Crippen LogP contribution >= 0.6 is 0 Å². The van der Waals surface area contributed by atoms with E-state index in [0.717, 1.165) is 43.4 Å². The molecule has 0 spiro atoms. The van der Waals surface area contributed by atoms with E-state index in [1.165, 1.54) is 32.1 Å². The molecule has 4 saturated carbocycles. The Labute approximate surface area is 140 Å². The van der Waals surface area contributed by atoms with Crippen molar-refractivity contribution in [1.82, 2.24) is 0 Å². The third-order valence-electron chi connectivity index (χ3n) is 8.97. The fourth-order valence-corrected chi connectivity index (χ4v) is 7.71. The van der Waals surface area contributed by atoms with Gasteiger partial charge in [0.15, 0.2) is 0 Å². The maximum Gasteiger partial charge on any atom is 0.133 e. The maximum absolute atomic E-state index is 12.2. The average molecular weight is 316 g/mol. The standard InChI is InChI=1S/C21H32O2/c1-13(22)17-6-7-18-16-5-4-14-12-15(23)8-10-20(14,2)19(16)9-11-21(17,18)3/h14,16-19H,4-12H2,1-3H3/t14-,16-,17+,18-,19-,20?,21+/m0/s1. The Bertz CT molecular complexity index is 538. The predicted molar refractivity (Wildman–Crippen MR) is 90.9 cm³/mol. The summed E-state index contributed by atoms with van der Waals surface area (Å²) in [5, 5.41) is 0. The van der Waals surface area contributed by atoms with Crippen LogP contribution in [-0.2, 0) is 9.59 Å². The molecule has 23 heavy (non-hydrogen) atoms. The number of fused-ring (bicyclic) bond motifs is 5. The molecule has 0 aromatic rings. The number of rotatable bonds is 1. The molecule has 0 saturated heterocycles. The van der Waals surface area contributed by atoms with Gasteiger partial charge in [0, 0.05) is 18.8 Å². The van der Waals surface area contributed by atoms with Crippen LogP contribution in [0.4, 0.5) is 0 Å². The summed E-state index contributed by atoms with van der Waals surface area (Å²) in [5.41, 5.74) is 0.660. The summed E-state index contributed by atoms with van der Waals surface area (Å²) >= 11 is 0. The van der Waals surface area contributed by atoms with Crippen molar-refractivity contribution in [3.8, 4) is 0 Å². The van der Waals surface area contributed by atoms with Crippen molar-refractivity contribution in [3.63, 3.8) is 0 Å². The summed E-state index contributed by atoms with van der Waals surface area (Å²) in [6.45, 7) is 6.74. The zero-order valence-electron chi connectivity index (χ0n) is 15.1. The van der Waals surface area contributed by atoms with Gasteiger partial charge >= 0.3 is 0 Å². The van der Waals surface area contributed by atoms with Crippen molar-refractivity contribution in [2.24, 2.45) is 40.4 Å². The molecule has 0 aromatic heterocycles. The van der Waals surface area contributed by atoms with Gasteiger partial charge in [-0.25, -0.2) is 0 Å². The van der Waals surface area contributed by atoms with Crippen molar-refractivity contribution in [1.29, 1.82) is 0 Å². The van der Waals surface area contributed by atoms with Crippen LogP contribution in [0.25, 0.3) is 0 Å². The van der Waals surface area contributed by atoms with Crippen LogP contribution in [0.1, 0.15) is 78.6 Å². The van der Waals surface area contributed by atoms with Gasteiger partial charge in [0.05, 0.1) is 0 Å². The fourth-order valence-electron chi connectivity index (χ4n) is 7.71. The van der Waals surface area contributed by atoms with E-state index >= 15 is 0 Å². The zero-order chi connectivity index (χ0) is 16.4. The molecule has 4 aliphatic carbocycles. The van der Waals surface area contributed by atoms with Gasteiger partial charge in [-0.1, -0.05) is 13.8 Å². The van der Waals surface area contributed by atoms with E-state index in [4.69, 9.17) is 0 Å². The summed E-state index contributed by atoms with van der Waals surface area (Å²) in [6.07, 6.45) is 10.3. The quantitative estimate of drug-likeness (QED) is 0.696. The molecule has 0 heterocycles. The van der Waals surface area contributed by atoms with Crippen molar-refractivity contribution in [2.45, 2.75) is 78.6 Å². The Morgan fingerprint density at radius 1 is 0.957 bits per heavy atom. The summed E-state index contributed by atoms with van der Waals surface area (Å²) in [6, 6.07) is 0. The molecule has 0 aliphatic heterocycles. The summed E-state index contributed by atoms with van der Waals surface area (Å²) in [5.74, 6) is 4.25. The highest BCUT2D eigenvalue weighted by atomic mass is 16.1. The summed E-state index contributed by atoms with van der Waals surface area (Å²) in [4.78, 5) is 24.1. The lowest BCUT2D eigenvalue weighted by molar-refractivity contribution is -0.143. The molecular weight excluding hydrogens is 284 g/mol. The van der Waals surface area contributed by atoms with Crippen molar-refractivity contribution < 1.29 is 9.59 Å². The van der Waals surface area contributed by atoms with Crippen LogP contribution in [0, 0.1) is 40.4 Å². The maximum atomic E-state index is 12.2. The first-order valence-electron chi connectivity index (χ1n) is 9.88. The van der Waals surface area contributed by atoms with Gasteiger partial charge in [-0.3, -0.25) is 9.59 Å². The van der Waals surface area contributed by atoms with Crippen molar-refractivity contribution >= 4 is 11.6 Å². The number of carbonyl (C=O) groups excluding carboxylic acids is 2. The zero-order valence-corrected chi connectivity index (χ0v) is 15.1. The Balaban J connectivity index is 1.63. The molecule has 0 aromatic carbocycles. The summed E-state index contributed by atoms with van der Waals surface area (Å²) < 4.78 is 0. The smallest absolute Gasteiger partial charge is 0.133 e. The first kappa shape index (κ1) is 15.8. The van der Waals surface area contributed by atoms with Gasteiger partial charge in [-0.15, -0.1) is 0 Å². The van der Waals surface area contributed by atoms with Crippen LogP contribution in [0.3, 0.4) is 0 Å². The van der Waals surface area contributed by atoms with E-state index in [9.17, 15) is 9.59 Å². The fraction of sp³-hybridized carbons (Fsp3) is 0.905. The van der Waals surface area contributed by atoms with Crippen LogP contribution < -0.4 is 0 Å². The second kappa shape index (κ2) is 5.17. The number of hydrogen-bond donors (Lipinski definition) is 0. The molecule has 0 bridgehead atoms. The second-order valence-corrected chi connectivity index (χ2v) is 9.68. The van der Waals surface area contributed by atoms with Crippen molar-refractivity contribution in [2.75, 3.05) is 0 Å². The lowest BCUT2D eigenvalue weighted by Gasteiger charge is -2.60. The highest BCUT2D eigenvalue weighted by Gasteiger charge is 2.60. The van der Waals surface area contributed by atoms with E-state index in [2.05, 4.69) is 13.8 Å². The second-order valence-electron chi connectivity index (χ2n) is 9.68. The average Bonchev–Trinajstić information content (AvgIpc) is 2.85. The number of hydrogen-bond acceptors (Lipinski definition) is 2. The lowest BCUT2D eigenvalue weighted by Crippen LogP contribution is -2.53. The largest absolute Gasteiger partial charge is 0.300 e. The summed E-state index contributed by atoms with van der Waals surface area (Å²) in [7, 11) is 0. The van der Waals surface area contributed by atoms with Crippen LogP contribution in [-0.4, -0.2) is 11.6 Å². The Hall–Kier alpha value is -0.660. The van der Waals surface area contributed by atoms with E-state index in [-0.39, 0.29) is 5.41 Å². The molecule has 2 heteroatoms. The lowest BCUT2D eigenvalue weighted by atomic mass is 9.44. The molecule has 128 valence electrons. The van der Waals surface area contributed by atoms with E-state index in [1.54, 1.807) is 0 Å². The van der Waals surface area contributed by atoms with Crippen LogP contribution in [0.15, 0.2) is 0 Å². The number of Topliss-reactive ketones (excluding diaryl/α,β-unsaturated/α-hetero) is 2. The van der Waals surface area contributed by atoms with Gasteiger partial charge < -0.3 is 0 Å². The topological polar surface area (TPSA) is 34.1 Å². The molecule has 4 fully saturated rings. The number of ketones is 2. The molecule has 2 nitrogen and oxygen atoms in total. The van der Waals surface area contributed by atoms with Gasteiger partial charge in [0.1, 0.15) is 11.6 Å². The highest BCUT2D eigenvalue weighted by Crippen LogP contribution is 2.67. The Morgan fingerprint density at radius 3 is 2.43 bits per heavy atom. The van der Waals surface area contributed by atoms with Gasteiger partial charge in [0.25, 0.3) is 0 Å². The highest BCUT2D eigenvalue weighted by molar-refractivity contribution is 5.80. The molecule has 0 N–H and O–H groups in total. The molecule has 7 atom stereocenters. The van der Waals surface area contributed by atoms with E-state index < -0.39 is 0 Å². The minimum absolute atomic E-state index is 0.265. The third-order valence-corrected chi connectivity index (χ3v) is 8.97. The van der Waals surface area contributed by atoms with Crippen molar-refractivity contribution in [3.05, 3.63) is 0 Å². The molecule has 4 aliphatic rings. The monoisotopic (exact) mass is 316 g/mol. The predicted octanol–water partition coefficient (Wildman–Crippen LogP) is 4.80. The van der Waals surface area contributed by atoms with Gasteiger partial charge in [-0.05, 0) is 86.4 Å². The number of carbonyl (C=O) groups is 2. The van der Waals surface area contributed by atoms with Gasteiger partial charge in [-0.2, -0.15) is 0 Å². The SMILES string of the molecule is CC(=O)[C@H]1CC[C@H]2[C@@H]3CC[C@H]4CC(=O)CCC4(C)[C@H]3CC[C@]12C. The third kappa shape index (κ3) is 2.12. The first-order chi connectivity index (χ1) is 10.9. The van der Waals surface area contributed by atoms with E-state index in [1.807, 2.05) is 6.92 Å². The normalized spacial score (nSPS) is 52.5. The Kier molecular flexibility index (Phi) is 3.56. The first-order valence-corrected chi connectivity index (χ1v) is 9.88. The molecule has 4 rings (SSSR count).